The van der Waals surface area contributed by atoms with Crippen molar-refractivity contribution in [3.05, 3.63) is 45.8 Å². The molecule has 2 aromatic rings. The molecular weight excluding hydrogens is 232 g/mol. The lowest BCUT2D eigenvalue weighted by atomic mass is 10.1. The molecule has 4 N–H and O–H groups in total. The van der Waals surface area contributed by atoms with E-state index in [1.165, 1.54) is 0 Å². The molecule has 0 radical (unpaired) electrons. The van der Waals surface area contributed by atoms with Gasteiger partial charge in [-0.1, -0.05) is 0 Å². The Morgan fingerprint density at radius 2 is 2.06 bits per heavy atom. The summed E-state index contributed by atoms with van der Waals surface area (Å²) in [4.78, 5) is 25.3. The van der Waals surface area contributed by atoms with Gasteiger partial charge in [0, 0.05) is 11.6 Å². The van der Waals surface area contributed by atoms with Crippen molar-refractivity contribution < 1.29 is 13.6 Å². The van der Waals surface area contributed by atoms with Crippen LogP contribution in [0.15, 0.2) is 23.1 Å². The second-order valence-electron chi connectivity index (χ2n) is 3.29. The van der Waals surface area contributed by atoms with E-state index >= 15 is 0 Å². The van der Waals surface area contributed by atoms with Gasteiger partial charge in [0.2, 0.25) is 5.43 Å². The van der Waals surface area contributed by atoms with Gasteiger partial charge >= 0.3 is 0 Å². The van der Waals surface area contributed by atoms with Crippen molar-refractivity contribution in [3.8, 4) is 0 Å². The van der Waals surface area contributed by atoms with Crippen LogP contribution < -0.4 is 16.7 Å². The van der Waals surface area contributed by atoms with Crippen LogP contribution in [0.3, 0.4) is 0 Å². The van der Waals surface area contributed by atoms with Gasteiger partial charge in [0.25, 0.3) is 5.91 Å². The molecule has 0 bridgehead atoms. The lowest BCUT2D eigenvalue weighted by Crippen LogP contribution is -2.34. The third-order valence-electron chi connectivity index (χ3n) is 2.32. The predicted molar refractivity (Wildman–Crippen MR) is 56.1 cm³/mol. The fraction of sp³-hybridized carbons (Fsp3) is 0. The molecule has 0 saturated heterocycles. The van der Waals surface area contributed by atoms with Crippen LogP contribution in [-0.2, 0) is 0 Å². The number of amides is 1. The molecule has 0 atom stereocenters. The minimum Gasteiger partial charge on any atom is -0.358 e. The van der Waals surface area contributed by atoms with Gasteiger partial charge in [0.05, 0.1) is 5.52 Å². The van der Waals surface area contributed by atoms with Gasteiger partial charge in [-0.05, 0) is 12.1 Å². The number of hydrazine groups is 1. The molecule has 0 aliphatic heterocycles. The summed E-state index contributed by atoms with van der Waals surface area (Å²) in [5.41, 5.74) is 0.504. The molecule has 1 heterocycles. The average Bonchev–Trinajstić information content (AvgIpc) is 2.33. The van der Waals surface area contributed by atoms with Gasteiger partial charge in [0.1, 0.15) is 5.56 Å². The summed E-state index contributed by atoms with van der Waals surface area (Å²) >= 11 is 0. The maximum Gasteiger partial charge on any atom is 0.270 e. The fourth-order valence-electron chi connectivity index (χ4n) is 1.48. The third-order valence-corrected chi connectivity index (χ3v) is 2.32. The van der Waals surface area contributed by atoms with Crippen LogP contribution >= 0.6 is 0 Å². The summed E-state index contributed by atoms with van der Waals surface area (Å²) < 4.78 is 26.2. The molecule has 1 aromatic heterocycles. The van der Waals surface area contributed by atoms with Crippen LogP contribution in [0.4, 0.5) is 8.78 Å². The van der Waals surface area contributed by atoms with Gasteiger partial charge < -0.3 is 4.98 Å². The highest BCUT2D eigenvalue weighted by atomic mass is 19.2. The fourth-order valence-corrected chi connectivity index (χ4v) is 1.48. The Morgan fingerprint density at radius 3 is 2.71 bits per heavy atom. The maximum atomic E-state index is 13.3. The number of H-pyrrole nitrogens is 1. The van der Waals surface area contributed by atoms with Crippen LogP contribution in [0.5, 0.6) is 0 Å². The summed E-state index contributed by atoms with van der Waals surface area (Å²) in [6.45, 7) is 0. The number of aromatic amines is 1. The lowest BCUT2D eigenvalue weighted by Gasteiger charge is -2.03. The SMILES string of the molecule is NNC(=O)c1c[nH]c2c(F)c(F)ccc2c1=O. The maximum absolute atomic E-state index is 13.3. The molecule has 0 unspecified atom stereocenters. The van der Waals surface area contributed by atoms with Gasteiger partial charge in [-0.3, -0.25) is 15.0 Å². The highest BCUT2D eigenvalue weighted by Crippen LogP contribution is 2.15. The van der Waals surface area contributed by atoms with Crippen molar-refractivity contribution in [2.24, 2.45) is 5.84 Å². The van der Waals surface area contributed by atoms with Crippen molar-refractivity contribution in [2.45, 2.75) is 0 Å². The highest BCUT2D eigenvalue weighted by molar-refractivity contribution is 5.96. The van der Waals surface area contributed by atoms with Crippen LogP contribution in [0.2, 0.25) is 0 Å². The molecule has 0 spiro atoms. The van der Waals surface area contributed by atoms with E-state index in [1.807, 2.05) is 0 Å². The molecule has 17 heavy (non-hydrogen) atoms. The van der Waals surface area contributed by atoms with Crippen LogP contribution in [0.1, 0.15) is 10.4 Å². The largest absolute Gasteiger partial charge is 0.358 e. The zero-order valence-corrected chi connectivity index (χ0v) is 8.38. The Hall–Kier alpha value is -2.28. The van der Waals surface area contributed by atoms with E-state index in [1.54, 1.807) is 5.43 Å². The van der Waals surface area contributed by atoms with Crippen molar-refractivity contribution in [1.82, 2.24) is 10.4 Å². The average molecular weight is 239 g/mol. The summed E-state index contributed by atoms with van der Waals surface area (Å²) in [6.07, 6.45) is 0.982. The van der Waals surface area contributed by atoms with E-state index in [9.17, 15) is 18.4 Å². The molecule has 1 amide bonds. The number of halogens is 2. The minimum atomic E-state index is -1.17. The first-order valence-electron chi connectivity index (χ1n) is 4.56. The molecule has 7 heteroatoms. The molecule has 5 nitrogen and oxygen atoms in total. The molecule has 0 aliphatic rings. The standard InChI is InChI=1S/C10H7F2N3O2/c11-6-2-1-4-8(7(6)12)14-3-5(9(4)16)10(17)15-13/h1-3H,13H2,(H,14,16)(H,15,17). The van der Waals surface area contributed by atoms with Crippen molar-refractivity contribution in [2.75, 3.05) is 0 Å². The predicted octanol–water partition coefficient (Wildman–Crippen LogP) is 0.410. The number of aromatic nitrogens is 1. The number of benzene rings is 1. The third kappa shape index (κ3) is 1.66. The topological polar surface area (TPSA) is 88.0 Å². The van der Waals surface area contributed by atoms with E-state index in [2.05, 4.69) is 4.98 Å². The number of pyridine rings is 1. The molecule has 88 valence electrons. The first-order chi connectivity index (χ1) is 8.06. The number of carbonyl (C=O) groups excluding carboxylic acids is 1. The summed E-state index contributed by atoms with van der Waals surface area (Å²) in [6, 6.07) is 1.91. The zero-order valence-electron chi connectivity index (χ0n) is 8.38. The number of fused-ring (bicyclic) bond motifs is 1. The quantitative estimate of drug-likeness (QED) is 0.382. The van der Waals surface area contributed by atoms with Crippen LogP contribution in [0, 0.1) is 11.6 Å². The Morgan fingerprint density at radius 1 is 1.35 bits per heavy atom. The van der Waals surface area contributed by atoms with Crippen LogP contribution in [-0.4, -0.2) is 10.9 Å². The second kappa shape index (κ2) is 3.95. The number of nitrogens with one attached hydrogen (secondary N) is 2. The first-order valence-corrected chi connectivity index (χ1v) is 4.56. The number of nitrogens with two attached hydrogens (primary N) is 1. The van der Waals surface area contributed by atoms with Crippen LogP contribution in [0.25, 0.3) is 10.9 Å². The number of nitrogen functional groups attached to an aromatic ring is 1. The van der Waals surface area contributed by atoms with Gasteiger partial charge in [-0.25, -0.2) is 14.6 Å². The summed E-state index contributed by atoms with van der Waals surface area (Å²) in [7, 11) is 0. The number of hydrogen-bond donors (Lipinski definition) is 3. The number of hydrogen-bond acceptors (Lipinski definition) is 3. The molecule has 1 aromatic carbocycles. The summed E-state index contributed by atoms with van der Waals surface area (Å²) in [5.74, 6) is 1.83. The summed E-state index contributed by atoms with van der Waals surface area (Å²) in [5, 5.41) is -0.120. The van der Waals surface area contributed by atoms with Gasteiger partial charge in [-0.15, -0.1) is 0 Å². The van der Waals surface area contributed by atoms with Crippen molar-refractivity contribution in [3.63, 3.8) is 0 Å². The lowest BCUT2D eigenvalue weighted by molar-refractivity contribution is 0.0952. The van der Waals surface area contributed by atoms with E-state index in [-0.39, 0.29) is 16.5 Å². The zero-order chi connectivity index (χ0) is 12.6. The molecule has 0 fully saturated rings. The van der Waals surface area contributed by atoms with E-state index in [0.29, 0.717) is 0 Å². The first kappa shape index (κ1) is 11.2. The Labute approximate surface area is 93.2 Å². The Kier molecular flexibility index (Phi) is 2.60. The van der Waals surface area contributed by atoms with Gasteiger partial charge in [-0.2, -0.15) is 0 Å². The normalized spacial score (nSPS) is 10.5. The van der Waals surface area contributed by atoms with Crippen molar-refractivity contribution >= 4 is 16.8 Å². The Balaban J connectivity index is 2.83. The minimum absolute atomic E-state index is 0.120. The smallest absolute Gasteiger partial charge is 0.270 e. The number of rotatable bonds is 1. The molecule has 0 aliphatic carbocycles. The molecule has 0 saturated carbocycles. The van der Waals surface area contributed by atoms with Gasteiger partial charge in [0.15, 0.2) is 11.6 Å². The monoisotopic (exact) mass is 239 g/mol. The Bertz CT molecular complexity index is 666. The van der Waals surface area contributed by atoms with E-state index in [0.717, 1.165) is 18.3 Å². The van der Waals surface area contributed by atoms with E-state index in [4.69, 9.17) is 5.84 Å². The second-order valence-corrected chi connectivity index (χ2v) is 3.29. The molecular formula is C10H7F2N3O2. The van der Waals surface area contributed by atoms with E-state index < -0.39 is 23.0 Å². The highest BCUT2D eigenvalue weighted by Gasteiger charge is 2.15. The molecule has 2 rings (SSSR count). The number of carbonyl (C=O) groups is 1. The van der Waals surface area contributed by atoms with Crippen molar-refractivity contribution in [1.29, 1.82) is 0 Å².